The topological polar surface area (TPSA) is 67.9 Å². The molecule has 34 heavy (non-hydrogen) atoms. The first-order chi connectivity index (χ1) is 16.2. The van der Waals surface area contributed by atoms with E-state index in [-0.39, 0.29) is 5.91 Å². The van der Waals surface area contributed by atoms with Gasteiger partial charge in [0.2, 0.25) is 0 Å². The van der Waals surface area contributed by atoms with E-state index in [4.69, 9.17) is 9.47 Å². The normalized spacial score (nSPS) is 18.5. The second-order valence-corrected chi connectivity index (χ2v) is 11.2. The van der Waals surface area contributed by atoms with E-state index in [1.807, 2.05) is 93.6 Å². The molecule has 0 radical (unpaired) electrons. The van der Waals surface area contributed by atoms with E-state index >= 15 is 0 Å². The molecule has 1 unspecified atom stereocenters. The first-order valence-corrected chi connectivity index (χ1v) is 12.2. The number of ether oxygens (including phenoxy) is 2. The Balaban J connectivity index is 1.85. The van der Waals surface area contributed by atoms with Gasteiger partial charge in [0.15, 0.2) is 5.54 Å². The molecule has 2 atom stereocenters. The van der Waals surface area contributed by atoms with Gasteiger partial charge in [0.25, 0.3) is 5.91 Å². The molecule has 3 aromatic carbocycles. The predicted molar refractivity (Wildman–Crippen MR) is 135 cm³/mol. The van der Waals surface area contributed by atoms with Gasteiger partial charge >= 0.3 is 0 Å². The molecule has 0 aliphatic carbocycles. The Morgan fingerprint density at radius 1 is 0.882 bits per heavy atom. The van der Waals surface area contributed by atoms with Crippen LogP contribution in [0.4, 0.5) is 5.69 Å². The fraction of sp³-hybridized carbons (Fsp3) is 0.296. The summed E-state index contributed by atoms with van der Waals surface area (Å²) in [5.74, 6) is 1.27. The number of carbonyl (C=O) groups is 1. The molecule has 1 heterocycles. The molecule has 1 aliphatic rings. The van der Waals surface area contributed by atoms with Crippen molar-refractivity contribution >= 4 is 22.6 Å². The number of amides is 1. The van der Waals surface area contributed by atoms with Crippen LogP contribution in [0.25, 0.3) is 0 Å². The van der Waals surface area contributed by atoms with Gasteiger partial charge < -0.3 is 14.4 Å². The third-order valence-corrected chi connectivity index (χ3v) is 7.59. The van der Waals surface area contributed by atoms with Crippen LogP contribution in [0.15, 0.2) is 72.8 Å². The molecule has 0 saturated carbocycles. The zero-order valence-corrected chi connectivity index (χ0v) is 20.9. The van der Waals surface area contributed by atoms with E-state index < -0.39 is 21.3 Å². The van der Waals surface area contributed by atoms with Gasteiger partial charge in [-0.3, -0.25) is 4.79 Å². The summed E-state index contributed by atoms with van der Waals surface area (Å²) < 4.78 is 26.7. The number of nitrogens with zero attached hydrogens (tertiary/aromatic N) is 1. The Bertz CT molecular complexity index is 1200. The van der Waals surface area contributed by atoms with E-state index in [2.05, 4.69) is 4.72 Å². The maximum atomic E-state index is 14.3. The zero-order valence-electron chi connectivity index (χ0n) is 20.1. The van der Waals surface area contributed by atoms with Crippen LogP contribution in [0, 0.1) is 0 Å². The highest BCUT2D eigenvalue weighted by Gasteiger charge is 2.53. The van der Waals surface area contributed by atoms with Crippen LogP contribution in [0.3, 0.4) is 0 Å². The Hall–Kier alpha value is -3.16. The molecule has 1 amide bonds. The van der Waals surface area contributed by atoms with E-state index in [9.17, 15) is 9.00 Å². The molecule has 1 N–H and O–H groups in total. The van der Waals surface area contributed by atoms with Crippen molar-refractivity contribution in [3.8, 4) is 11.5 Å². The number of methoxy groups -OCH3 is 2. The minimum Gasteiger partial charge on any atom is -0.497 e. The molecule has 7 heteroatoms. The molecule has 0 fully saturated rings. The summed E-state index contributed by atoms with van der Waals surface area (Å²) in [5, 5.41) is 0. The molecular weight excluding hydrogens is 448 g/mol. The maximum Gasteiger partial charge on any atom is 0.257 e. The van der Waals surface area contributed by atoms with Gasteiger partial charge in [-0.25, -0.2) is 8.93 Å². The Morgan fingerprint density at radius 3 is 2.00 bits per heavy atom. The number of para-hydroxylation sites is 1. The molecular formula is C27H30N2O4S. The van der Waals surface area contributed by atoms with Crippen LogP contribution < -0.4 is 19.1 Å². The monoisotopic (exact) mass is 478 g/mol. The van der Waals surface area contributed by atoms with Crippen molar-refractivity contribution in [1.82, 2.24) is 4.72 Å². The first-order valence-electron chi connectivity index (χ1n) is 11.1. The Labute approximate surface area is 203 Å². The summed E-state index contributed by atoms with van der Waals surface area (Å²) in [5.41, 5.74) is 1.94. The second kappa shape index (κ2) is 9.24. The zero-order chi connectivity index (χ0) is 24.5. The number of hydrogen-bond acceptors (Lipinski definition) is 4. The van der Waals surface area contributed by atoms with Crippen molar-refractivity contribution in [2.24, 2.45) is 0 Å². The van der Waals surface area contributed by atoms with Crippen LogP contribution in [-0.2, 0) is 27.9 Å². The van der Waals surface area contributed by atoms with Gasteiger partial charge in [-0.15, -0.1) is 0 Å². The standard InChI is InChI=1S/C27H30N2O4S/c1-26(2,3)34(31)28-27(20-12-16-22(33-5)17-13-20)23-8-6-7-9-24(23)29(25(27)30)18-19-10-14-21(32-4)15-11-19/h6-17,28H,18H2,1-5H3/t27-,34?/m0/s1. The number of nitrogens with one attached hydrogen (secondary N) is 1. The van der Waals surface area contributed by atoms with Gasteiger partial charge in [-0.2, -0.15) is 0 Å². The fourth-order valence-corrected chi connectivity index (χ4v) is 4.99. The predicted octanol–water partition coefficient (Wildman–Crippen LogP) is 4.55. The number of benzene rings is 3. The van der Waals surface area contributed by atoms with Crippen LogP contribution in [-0.4, -0.2) is 29.1 Å². The minimum atomic E-state index is -1.51. The summed E-state index contributed by atoms with van der Waals surface area (Å²) in [6.45, 7) is 6.04. The van der Waals surface area contributed by atoms with Crippen LogP contribution >= 0.6 is 0 Å². The van der Waals surface area contributed by atoms with Gasteiger partial charge in [-0.1, -0.05) is 42.5 Å². The number of anilines is 1. The van der Waals surface area contributed by atoms with Crippen LogP contribution in [0.1, 0.15) is 37.5 Å². The molecule has 178 valence electrons. The minimum absolute atomic E-state index is 0.174. The van der Waals surface area contributed by atoms with Gasteiger partial charge in [0.05, 0.1) is 42.2 Å². The van der Waals surface area contributed by atoms with Crippen molar-refractivity contribution in [3.63, 3.8) is 0 Å². The lowest BCUT2D eigenvalue weighted by Gasteiger charge is -2.33. The maximum absolute atomic E-state index is 14.3. The first kappa shape index (κ1) is 24.0. The number of fused-ring (bicyclic) bond motifs is 1. The average molecular weight is 479 g/mol. The van der Waals surface area contributed by atoms with Crippen molar-refractivity contribution in [2.45, 2.75) is 37.6 Å². The summed E-state index contributed by atoms with van der Waals surface area (Å²) in [7, 11) is 1.71. The SMILES string of the molecule is COc1ccc(CN2C(=O)[C@](NS(=O)C(C)(C)C)(c3ccc(OC)cc3)c3ccccc32)cc1. The molecule has 6 nitrogen and oxygen atoms in total. The highest BCUT2D eigenvalue weighted by atomic mass is 32.2. The Kier molecular flexibility index (Phi) is 6.51. The number of rotatable bonds is 7. The second-order valence-electron chi connectivity index (χ2n) is 9.22. The summed E-state index contributed by atoms with van der Waals surface area (Å²) >= 11 is 0. The van der Waals surface area contributed by atoms with Crippen molar-refractivity contribution in [3.05, 3.63) is 89.5 Å². The Morgan fingerprint density at radius 2 is 1.44 bits per heavy atom. The third kappa shape index (κ3) is 4.21. The largest absolute Gasteiger partial charge is 0.497 e. The molecule has 1 aliphatic heterocycles. The van der Waals surface area contributed by atoms with Gasteiger partial charge in [0, 0.05) is 5.56 Å². The van der Waals surface area contributed by atoms with Crippen LogP contribution in [0.5, 0.6) is 11.5 Å². The molecule has 0 bridgehead atoms. The van der Waals surface area contributed by atoms with E-state index in [1.165, 1.54) is 0 Å². The number of carbonyl (C=O) groups excluding carboxylic acids is 1. The highest BCUT2D eigenvalue weighted by Crippen LogP contribution is 2.46. The number of hydrogen-bond donors (Lipinski definition) is 1. The smallest absolute Gasteiger partial charge is 0.257 e. The van der Waals surface area contributed by atoms with E-state index in [0.29, 0.717) is 17.9 Å². The molecule has 0 spiro atoms. The van der Waals surface area contributed by atoms with Crippen molar-refractivity contribution in [2.75, 3.05) is 19.1 Å². The summed E-state index contributed by atoms with van der Waals surface area (Å²) in [6.07, 6.45) is 0. The fourth-order valence-electron chi connectivity index (χ4n) is 4.09. The van der Waals surface area contributed by atoms with Crippen molar-refractivity contribution < 1.29 is 18.5 Å². The summed E-state index contributed by atoms with van der Waals surface area (Å²) in [4.78, 5) is 16.1. The summed E-state index contributed by atoms with van der Waals surface area (Å²) in [6, 6.07) is 22.7. The van der Waals surface area contributed by atoms with Gasteiger partial charge in [-0.05, 0) is 62.2 Å². The van der Waals surface area contributed by atoms with Crippen LogP contribution in [0.2, 0.25) is 0 Å². The average Bonchev–Trinajstić information content (AvgIpc) is 3.07. The quantitative estimate of drug-likeness (QED) is 0.541. The van der Waals surface area contributed by atoms with Gasteiger partial charge in [0.1, 0.15) is 11.5 Å². The third-order valence-electron chi connectivity index (χ3n) is 5.99. The van der Waals surface area contributed by atoms with E-state index in [0.717, 1.165) is 22.6 Å². The lowest BCUT2D eigenvalue weighted by atomic mass is 9.85. The van der Waals surface area contributed by atoms with Crippen molar-refractivity contribution in [1.29, 1.82) is 0 Å². The molecule has 3 aromatic rings. The lowest BCUT2D eigenvalue weighted by Crippen LogP contribution is -2.54. The molecule has 4 rings (SSSR count). The highest BCUT2D eigenvalue weighted by molar-refractivity contribution is 7.84. The van der Waals surface area contributed by atoms with E-state index in [1.54, 1.807) is 19.1 Å². The lowest BCUT2D eigenvalue weighted by molar-refractivity contribution is -0.122. The molecule has 0 saturated heterocycles. The molecule has 0 aromatic heterocycles.